The molecule has 0 spiro atoms. The van der Waals surface area contributed by atoms with Crippen molar-refractivity contribution >= 4 is 29.2 Å². The van der Waals surface area contributed by atoms with Gasteiger partial charge in [-0.1, -0.05) is 18.5 Å². The predicted molar refractivity (Wildman–Crippen MR) is 134 cm³/mol. The van der Waals surface area contributed by atoms with Crippen molar-refractivity contribution in [1.29, 1.82) is 0 Å². The lowest BCUT2D eigenvalue weighted by atomic mass is 9.97. The fourth-order valence-corrected chi connectivity index (χ4v) is 5.25. The molecule has 1 aromatic carbocycles. The van der Waals surface area contributed by atoms with E-state index in [-0.39, 0.29) is 29.5 Å². The van der Waals surface area contributed by atoms with Gasteiger partial charge in [0.15, 0.2) is 11.5 Å². The highest BCUT2D eigenvalue weighted by molar-refractivity contribution is 6.30. The number of alkyl halides is 3. The molecule has 1 N–H and O–H groups in total. The van der Waals surface area contributed by atoms with Crippen LogP contribution in [0.15, 0.2) is 30.5 Å². The Bertz CT molecular complexity index is 1120. The second kappa shape index (κ2) is 11.2. The van der Waals surface area contributed by atoms with Crippen LogP contribution in [0.25, 0.3) is 0 Å². The molecule has 0 aliphatic carbocycles. The highest BCUT2D eigenvalue weighted by Gasteiger charge is 2.41. The van der Waals surface area contributed by atoms with Gasteiger partial charge >= 0.3 is 6.18 Å². The first-order valence-corrected chi connectivity index (χ1v) is 12.7. The molecule has 0 bridgehead atoms. The molecule has 2 aromatic rings. The average molecular weight is 539 g/mol. The Balaban J connectivity index is 1.43. The summed E-state index contributed by atoms with van der Waals surface area (Å²) in [6, 6.07) is 7.12. The lowest BCUT2D eigenvalue weighted by Gasteiger charge is -2.47. The predicted octanol–water partition coefficient (Wildman–Crippen LogP) is 3.71. The number of hydrogen-bond acceptors (Lipinski definition) is 6. The first kappa shape index (κ1) is 27.1. The first-order chi connectivity index (χ1) is 17.6. The summed E-state index contributed by atoms with van der Waals surface area (Å²) in [7, 11) is 1.33. The number of rotatable bonds is 5. The van der Waals surface area contributed by atoms with E-state index in [2.05, 4.69) is 20.2 Å². The minimum Gasteiger partial charge on any atom is -0.354 e. The van der Waals surface area contributed by atoms with E-state index < -0.39 is 17.8 Å². The van der Waals surface area contributed by atoms with E-state index in [0.717, 1.165) is 25.5 Å². The number of benzene rings is 1. The van der Waals surface area contributed by atoms with E-state index in [0.29, 0.717) is 43.3 Å². The van der Waals surface area contributed by atoms with Crippen LogP contribution in [0.2, 0.25) is 5.02 Å². The fraction of sp³-hybridized carbons (Fsp3) is 0.520. The van der Waals surface area contributed by atoms with Crippen molar-refractivity contribution in [2.75, 3.05) is 44.7 Å². The van der Waals surface area contributed by atoms with Crippen LogP contribution < -0.4 is 10.2 Å². The van der Waals surface area contributed by atoms with Crippen LogP contribution in [0.1, 0.15) is 52.7 Å². The molecule has 4 rings (SSSR count). The molecule has 1 atom stereocenters. The largest absolute Gasteiger partial charge is 0.437 e. The Morgan fingerprint density at radius 1 is 1.11 bits per heavy atom. The molecule has 8 nitrogen and oxygen atoms in total. The summed E-state index contributed by atoms with van der Waals surface area (Å²) >= 11 is 5.93. The molecule has 2 aliphatic heterocycles. The summed E-state index contributed by atoms with van der Waals surface area (Å²) in [5.74, 6) is -0.992. The zero-order valence-electron chi connectivity index (χ0n) is 20.8. The number of nitrogens with zero attached hydrogens (tertiary/aromatic N) is 5. The number of carbonyl (C=O) groups excluding carboxylic acids is 2. The van der Waals surface area contributed by atoms with Gasteiger partial charge in [-0.25, -0.2) is 9.97 Å². The van der Waals surface area contributed by atoms with Gasteiger partial charge < -0.3 is 15.1 Å². The maximum atomic E-state index is 13.8. The number of piperidine rings is 1. The highest BCUT2D eigenvalue weighted by Crippen LogP contribution is 2.35. The quantitative estimate of drug-likeness (QED) is 0.625. The van der Waals surface area contributed by atoms with Crippen LogP contribution in [-0.2, 0) is 6.18 Å². The van der Waals surface area contributed by atoms with E-state index in [1.165, 1.54) is 7.05 Å². The summed E-state index contributed by atoms with van der Waals surface area (Å²) in [5, 5.41) is 2.86. The second-order valence-corrected chi connectivity index (χ2v) is 9.72. The molecule has 3 heterocycles. The summed E-state index contributed by atoms with van der Waals surface area (Å²) < 4.78 is 41.5. The number of anilines is 1. The van der Waals surface area contributed by atoms with Crippen LogP contribution in [0, 0.1) is 0 Å². The smallest absolute Gasteiger partial charge is 0.354 e. The third-order valence-corrected chi connectivity index (χ3v) is 7.34. The minimum atomic E-state index is -4.74. The van der Waals surface area contributed by atoms with Gasteiger partial charge in [-0.2, -0.15) is 13.2 Å². The summed E-state index contributed by atoms with van der Waals surface area (Å²) in [6.07, 6.45) is -1.31. The number of halogens is 4. The van der Waals surface area contributed by atoms with Gasteiger partial charge in [0.2, 0.25) is 0 Å². The van der Waals surface area contributed by atoms with Crippen LogP contribution >= 0.6 is 11.6 Å². The number of carbonyl (C=O) groups is 2. The lowest BCUT2D eigenvalue weighted by molar-refractivity contribution is -0.141. The average Bonchev–Trinajstić information content (AvgIpc) is 2.91. The molecule has 0 radical (unpaired) electrons. The van der Waals surface area contributed by atoms with Crippen molar-refractivity contribution in [1.82, 2.24) is 25.1 Å². The van der Waals surface area contributed by atoms with Crippen molar-refractivity contribution in [3.63, 3.8) is 0 Å². The molecule has 2 saturated heterocycles. The fourth-order valence-electron chi connectivity index (χ4n) is 5.12. The topological polar surface area (TPSA) is 81.7 Å². The van der Waals surface area contributed by atoms with Crippen LogP contribution in [-0.4, -0.2) is 83.4 Å². The van der Waals surface area contributed by atoms with Crippen LogP contribution in [0.5, 0.6) is 0 Å². The Kier molecular flexibility index (Phi) is 8.23. The highest BCUT2D eigenvalue weighted by atomic mass is 35.5. The molecule has 12 heteroatoms. The molecule has 37 heavy (non-hydrogen) atoms. The van der Waals surface area contributed by atoms with E-state index >= 15 is 0 Å². The number of nitrogens with one attached hydrogen (secondary N) is 1. The number of likely N-dealkylation sites (tertiary alicyclic amines) is 1. The number of amides is 2. The van der Waals surface area contributed by atoms with Crippen molar-refractivity contribution in [3.8, 4) is 0 Å². The zero-order chi connectivity index (χ0) is 26.7. The Morgan fingerprint density at radius 2 is 1.78 bits per heavy atom. The molecule has 0 saturated carbocycles. The third-order valence-electron chi connectivity index (χ3n) is 7.09. The maximum Gasteiger partial charge on any atom is 0.437 e. The van der Waals surface area contributed by atoms with Gasteiger partial charge in [0, 0.05) is 62.4 Å². The minimum absolute atomic E-state index is 0.0227. The van der Waals surface area contributed by atoms with Crippen molar-refractivity contribution in [3.05, 3.63) is 52.4 Å². The first-order valence-electron chi connectivity index (χ1n) is 12.3. The molecular weight excluding hydrogens is 509 g/mol. The standard InChI is InChI=1S/C25H30ClF3N6O2/c1-3-18-15-34(22-21(25(27,28)29)32-20(14-31-22)23(36)30-2)12-13-35(18)19-8-10-33(11-9-19)24(37)16-4-6-17(26)7-5-16/h4-7,14,18-19H,3,8-13,15H2,1-2H3,(H,30,36)/t18-/m0/s1. The second-order valence-electron chi connectivity index (χ2n) is 9.28. The van der Waals surface area contributed by atoms with E-state index in [1.54, 1.807) is 29.2 Å². The van der Waals surface area contributed by atoms with Crippen LogP contribution in [0.4, 0.5) is 19.0 Å². The van der Waals surface area contributed by atoms with Gasteiger partial charge in [-0.15, -0.1) is 0 Å². The lowest BCUT2D eigenvalue weighted by Crippen LogP contribution is -2.59. The van der Waals surface area contributed by atoms with E-state index in [9.17, 15) is 22.8 Å². The van der Waals surface area contributed by atoms with Gasteiger partial charge in [-0.05, 0) is 43.5 Å². The SMILES string of the molecule is CC[C@H]1CN(c2ncc(C(=O)NC)nc2C(F)(F)F)CCN1C1CCN(C(=O)c2ccc(Cl)cc2)CC1. The Labute approximate surface area is 218 Å². The molecule has 200 valence electrons. The molecule has 1 aromatic heterocycles. The maximum absolute atomic E-state index is 13.8. The van der Waals surface area contributed by atoms with Gasteiger partial charge in [0.05, 0.1) is 6.20 Å². The summed E-state index contributed by atoms with van der Waals surface area (Å²) in [4.78, 5) is 38.1. The van der Waals surface area contributed by atoms with Gasteiger partial charge in [0.1, 0.15) is 5.69 Å². The number of hydrogen-bond donors (Lipinski definition) is 1. The normalized spacial score (nSPS) is 19.7. The Hall–Kier alpha value is -2.92. The van der Waals surface area contributed by atoms with Crippen molar-refractivity contribution in [2.45, 2.75) is 44.4 Å². The van der Waals surface area contributed by atoms with Crippen molar-refractivity contribution in [2.24, 2.45) is 0 Å². The molecular formula is C25H30ClF3N6O2. The molecule has 2 fully saturated rings. The monoisotopic (exact) mass is 538 g/mol. The number of piperazine rings is 1. The third kappa shape index (κ3) is 5.98. The summed E-state index contributed by atoms with van der Waals surface area (Å²) in [6.45, 7) is 4.56. The summed E-state index contributed by atoms with van der Waals surface area (Å²) in [5.41, 5.74) is -0.915. The van der Waals surface area contributed by atoms with E-state index in [1.807, 2.05) is 11.8 Å². The van der Waals surface area contributed by atoms with Gasteiger partial charge in [0.25, 0.3) is 11.8 Å². The number of aromatic nitrogens is 2. The van der Waals surface area contributed by atoms with E-state index in [4.69, 9.17) is 11.6 Å². The molecule has 2 amide bonds. The van der Waals surface area contributed by atoms with Crippen LogP contribution in [0.3, 0.4) is 0 Å². The Morgan fingerprint density at radius 3 is 2.38 bits per heavy atom. The molecule has 0 unspecified atom stereocenters. The van der Waals surface area contributed by atoms with Gasteiger partial charge in [-0.3, -0.25) is 14.5 Å². The van der Waals surface area contributed by atoms with Crippen molar-refractivity contribution < 1.29 is 22.8 Å². The zero-order valence-corrected chi connectivity index (χ0v) is 21.5. The molecule has 2 aliphatic rings.